The van der Waals surface area contributed by atoms with Crippen molar-refractivity contribution in [3.63, 3.8) is 0 Å². The van der Waals surface area contributed by atoms with Gasteiger partial charge in [-0.2, -0.15) is 0 Å². The van der Waals surface area contributed by atoms with Crippen LogP contribution in [-0.2, 0) is 17.9 Å². The molecule has 1 atom stereocenters. The average molecular weight is 259 g/mol. The second-order valence-electron chi connectivity index (χ2n) is 4.26. The van der Waals surface area contributed by atoms with Crippen LogP contribution in [0.25, 0.3) is 0 Å². The smallest absolute Gasteiger partial charge is 0.237 e. The molecule has 1 amide bonds. The molecule has 0 bridgehead atoms. The highest BCUT2D eigenvalue weighted by molar-refractivity contribution is 5.81. The Bertz CT molecular complexity index is 497. The summed E-state index contributed by atoms with van der Waals surface area (Å²) in [6.45, 7) is 2.88. The van der Waals surface area contributed by atoms with Gasteiger partial charge in [0.1, 0.15) is 5.76 Å². The zero-order chi connectivity index (χ0) is 13.5. The van der Waals surface area contributed by atoms with Crippen LogP contribution in [0.4, 0.5) is 0 Å². The molecular weight excluding hydrogens is 242 g/mol. The minimum atomic E-state index is -0.261. The number of aromatic nitrogens is 1. The molecule has 0 aromatic carbocycles. The Balaban J connectivity index is 1.73. The molecule has 0 aliphatic rings. The van der Waals surface area contributed by atoms with Crippen LogP contribution in [0, 0.1) is 0 Å². The van der Waals surface area contributed by atoms with Gasteiger partial charge in [0, 0.05) is 18.9 Å². The zero-order valence-corrected chi connectivity index (χ0v) is 10.8. The molecule has 5 nitrogen and oxygen atoms in total. The van der Waals surface area contributed by atoms with Crippen LogP contribution in [0.1, 0.15) is 18.2 Å². The number of carbonyl (C=O) groups is 1. The molecule has 2 aromatic rings. The van der Waals surface area contributed by atoms with E-state index in [2.05, 4.69) is 15.6 Å². The summed E-state index contributed by atoms with van der Waals surface area (Å²) in [5, 5.41) is 5.97. The maximum absolute atomic E-state index is 11.8. The van der Waals surface area contributed by atoms with Gasteiger partial charge in [-0.25, -0.2) is 0 Å². The molecule has 2 rings (SSSR count). The quantitative estimate of drug-likeness (QED) is 0.824. The maximum Gasteiger partial charge on any atom is 0.237 e. The number of hydrogen-bond acceptors (Lipinski definition) is 4. The summed E-state index contributed by atoms with van der Waals surface area (Å²) in [6, 6.07) is 7.20. The van der Waals surface area contributed by atoms with Crippen molar-refractivity contribution in [2.45, 2.75) is 26.1 Å². The fraction of sp³-hybridized carbons (Fsp3) is 0.286. The van der Waals surface area contributed by atoms with Crippen molar-refractivity contribution in [1.29, 1.82) is 0 Å². The SMILES string of the molecule is CC(NCc1ccncc1)C(=O)NCc1ccco1. The standard InChI is InChI=1S/C14H17N3O2/c1-11(16-9-12-4-6-15-7-5-12)14(18)17-10-13-3-2-8-19-13/h2-8,11,16H,9-10H2,1H3,(H,17,18). The second kappa shape index (κ2) is 6.70. The summed E-state index contributed by atoms with van der Waals surface area (Å²) in [5.74, 6) is 0.695. The van der Waals surface area contributed by atoms with Gasteiger partial charge in [0.15, 0.2) is 0 Å². The third-order valence-corrected chi connectivity index (χ3v) is 2.77. The van der Waals surface area contributed by atoms with Gasteiger partial charge in [0.05, 0.1) is 18.8 Å². The van der Waals surface area contributed by atoms with Crippen molar-refractivity contribution in [1.82, 2.24) is 15.6 Å². The average Bonchev–Trinajstić information content (AvgIpc) is 2.96. The summed E-state index contributed by atoms with van der Waals surface area (Å²) in [6.07, 6.45) is 5.06. The second-order valence-corrected chi connectivity index (χ2v) is 4.26. The Labute approximate surface area is 112 Å². The normalized spacial score (nSPS) is 12.1. The number of nitrogens with zero attached hydrogens (tertiary/aromatic N) is 1. The number of hydrogen-bond donors (Lipinski definition) is 2. The number of carbonyl (C=O) groups excluding carboxylic acids is 1. The minimum Gasteiger partial charge on any atom is -0.467 e. The van der Waals surface area contributed by atoms with E-state index in [0.29, 0.717) is 13.1 Å². The molecule has 0 saturated heterocycles. The first-order chi connectivity index (χ1) is 9.25. The lowest BCUT2D eigenvalue weighted by atomic mass is 10.2. The van der Waals surface area contributed by atoms with Gasteiger partial charge in [0.2, 0.25) is 5.91 Å². The van der Waals surface area contributed by atoms with Crippen molar-refractivity contribution < 1.29 is 9.21 Å². The Morgan fingerprint density at radius 3 is 2.79 bits per heavy atom. The van der Waals surface area contributed by atoms with E-state index in [4.69, 9.17) is 4.42 Å². The summed E-state index contributed by atoms with van der Waals surface area (Å²) in [4.78, 5) is 15.8. The molecule has 0 fully saturated rings. The predicted octanol–water partition coefficient (Wildman–Crippen LogP) is 1.47. The lowest BCUT2D eigenvalue weighted by Crippen LogP contribution is -2.41. The van der Waals surface area contributed by atoms with Crippen molar-refractivity contribution in [2.75, 3.05) is 0 Å². The third kappa shape index (κ3) is 4.22. The van der Waals surface area contributed by atoms with E-state index in [1.165, 1.54) is 0 Å². The summed E-state index contributed by atoms with van der Waals surface area (Å²) >= 11 is 0. The van der Waals surface area contributed by atoms with Crippen LogP contribution in [0.5, 0.6) is 0 Å². The topological polar surface area (TPSA) is 67.2 Å². The van der Waals surface area contributed by atoms with E-state index in [1.807, 2.05) is 25.1 Å². The van der Waals surface area contributed by atoms with Gasteiger partial charge in [-0.1, -0.05) is 0 Å². The van der Waals surface area contributed by atoms with Gasteiger partial charge in [0.25, 0.3) is 0 Å². The highest BCUT2D eigenvalue weighted by Gasteiger charge is 2.11. The van der Waals surface area contributed by atoms with E-state index in [1.54, 1.807) is 24.7 Å². The fourth-order valence-corrected chi connectivity index (χ4v) is 1.60. The molecule has 100 valence electrons. The van der Waals surface area contributed by atoms with Crippen molar-refractivity contribution in [3.8, 4) is 0 Å². The van der Waals surface area contributed by atoms with Crippen molar-refractivity contribution >= 4 is 5.91 Å². The molecular formula is C14H17N3O2. The lowest BCUT2D eigenvalue weighted by molar-refractivity contribution is -0.123. The Kier molecular flexibility index (Phi) is 4.69. The minimum absolute atomic E-state index is 0.0505. The van der Waals surface area contributed by atoms with E-state index < -0.39 is 0 Å². The highest BCUT2D eigenvalue weighted by atomic mass is 16.3. The Hall–Kier alpha value is -2.14. The number of amides is 1. The third-order valence-electron chi connectivity index (χ3n) is 2.77. The van der Waals surface area contributed by atoms with Gasteiger partial charge in [-0.05, 0) is 36.8 Å². The van der Waals surface area contributed by atoms with Crippen LogP contribution < -0.4 is 10.6 Å². The monoisotopic (exact) mass is 259 g/mol. The van der Waals surface area contributed by atoms with E-state index >= 15 is 0 Å². The van der Waals surface area contributed by atoms with E-state index in [0.717, 1.165) is 11.3 Å². The Morgan fingerprint density at radius 1 is 1.32 bits per heavy atom. The number of rotatable bonds is 6. The van der Waals surface area contributed by atoms with Crippen LogP contribution >= 0.6 is 0 Å². The first-order valence-electron chi connectivity index (χ1n) is 6.18. The number of nitrogens with one attached hydrogen (secondary N) is 2. The molecule has 0 spiro atoms. The zero-order valence-electron chi connectivity index (χ0n) is 10.8. The van der Waals surface area contributed by atoms with E-state index in [-0.39, 0.29) is 11.9 Å². The van der Waals surface area contributed by atoms with Gasteiger partial charge < -0.3 is 15.1 Å². The van der Waals surface area contributed by atoms with Gasteiger partial charge >= 0.3 is 0 Å². The summed E-state index contributed by atoms with van der Waals surface area (Å²) in [5.41, 5.74) is 1.10. The van der Waals surface area contributed by atoms with E-state index in [9.17, 15) is 4.79 Å². The number of pyridine rings is 1. The molecule has 0 aliphatic heterocycles. The number of furan rings is 1. The van der Waals surface area contributed by atoms with Crippen LogP contribution in [0.3, 0.4) is 0 Å². The maximum atomic E-state index is 11.8. The molecule has 0 radical (unpaired) electrons. The highest BCUT2D eigenvalue weighted by Crippen LogP contribution is 1.99. The van der Waals surface area contributed by atoms with Crippen LogP contribution in [-0.4, -0.2) is 16.9 Å². The molecule has 0 aliphatic carbocycles. The first-order valence-corrected chi connectivity index (χ1v) is 6.18. The largest absolute Gasteiger partial charge is 0.467 e. The molecule has 2 heterocycles. The van der Waals surface area contributed by atoms with Crippen LogP contribution in [0.15, 0.2) is 47.3 Å². The fourth-order valence-electron chi connectivity index (χ4n) is 1.60. The Morgan fingerprint density at radius 2 is 2.11 bits per heavy atom. The summed E-state index contributed by atoms with van der Waals surface area (Å²) < 4.78 is 5.15. The molecule has 0 saturated carbocycles. The summed E-state index contributed by atoms with van der Waals surface area (Å²) in [7, 11) is 0. The molecule has 2 N–H and O–H groups in total. The predicted molar refractivity (Wildman–Crippen MR) is 71.1 cm³/mol. The van der Waals surface area contributed by atoms with Gasteiger partial charge in [-0.15, -0.1) is 0 Å². The molecule has 1 unspecified atom stereocenters. The molecule has 19 heavy (non-hydrogen) atoms. The van der Waals surface area contributed by atoms with Gasteiger partial charge in [-0.3, -0.25) is 9.78 Å². The molecule has 5 heteroatoms. The van der Waals surface area contributed by atoms with Crippen LogP contribution in [0.2, 0.25) is 0 Å². The van der Waals surface area contributed by atoms with Crippen molar-refractivity contribution in [2.24, 2.45) is 0 Å². The molecule has 2 aromatic heterocycles. The lowest BCUT2D eigenvalue weighted by Gasteiger charge is -2.13. The first kappa shape index (κ1) is 13.3. The van der Waals surface area contributed by atoms with Crippen molar-refractivity contribution in [3.05, 3.63) is 54.2 Å².